The highest BCUT2D eigenvalue weighted by Gasteiger charge is 2.21. The predicted octanol–water partition coefficient (Wildman–Crippen LogP) is 3.53. The van der Waals surface area contributed by atoms with Gasteiger partial charge < -0.3 is 10.1 Å². The van der Waals surface area contributed by atoms with Crippen molar-refractivity contribution in [3.63, 3.8) is 0 Å². The van der Waals surface area contributed by atoms with Crippen LogP contribution in [0.5, 0.6) is 0 Å². The van der Waals surface area contributed by atoms with E-state index < -0.39 is 0 Å². The van der Waals surface area contributed by atoms with Crippen LogP contribution in [-0.2, 0) is 4.74 Å². The summed E-state index contributed by atoms with van der Waals surface area (Å²) in [7, 11) is 0. The number of carbonyl (C=O) groups excluding carboxylic acids is 2. The number of esters is 1. The zero-order valence-corrected chi connectivity index (χ0v) is 14.3. The largest absolute Gasteiger partial charge is 0.462 e. The van der Waals surface area contributed by atoms with Crippen LogP contribution in [0.1, 0.15) is 59.7 Å². The third-order valence-corrected chi connectivity index (χ3v) is 4.84. The second-order valence-electron chi connectivity index (χ2n) is 5.20. The van der Waals surface area contributed by atoms with Crippen molar-refractivity contribution in [1.29, 1.82) is 0 Å². The molecule has 0 spiro atoms. The van der Waals surface area contributed by atoms with Gasteiger partial charge in [0.1, 0.15) is 0 Å². The average Bonchev–Trinajstić information content (AvgIpc) is 2.48. The van der Waals surface area contributed by atoms with Gasteiger partial charge in [0.15, 0.2) is 0 Å². The van der Waals surface area contributed by atoms with Crippen LogP contribution in [0, 0.1) is 3.57 Å². The smallest absolute Gasteiger partial charge is 0.339 e. The van der Waals surface area contributed by atoms with Gasteiger partial charge in [0.2, 0.25) is 0 Å². The van der Waals surface area contributed by atoms with Gasteiger partial charge in [0.05, 0.1) is 17.7 Å². The zero-order valence-electron chi connectivity index (χ0n) is 12.2. The maximum Gasteiger partial charge on any atom is 0.339 e. The normalized spacial score (nSPS) is 15.5. The third-order valence-electron chi connectivity index (χ3n) is 3.68. The lowest BCUT2D eigenvalue weighted by molar-refractivity contribution is 0.0525. The molecular formula is C16H20INO3. The van der Waals surface area contributed by atoms with E-state index in [1.165, 1.54) is 19.3 Å². The van der Waals surface area contributed by atoms with E-state index in [0.29, 0.717) is 21.3 Å². The number of hydrogen-bond donors (Lipinski definition) is 1. The summed E-state index contributed by atoms with van der Waals surface area (Å²) in [6.07, 6.45) is 5.68. The Morgan fingerprint density at radius 1 is 1.24 bits per heavy atom. The Kier molecular flexibility index (Phi) is 6.02. The summed E-state index contributed by atoms with van der Waals surface area (Å²) in [6.45, 7) is 2.10. The van der Waals surface area contributed by atoms with Crippen LogP contribution in [0.25, 0.3) is 0 Å². The van der Waals surface area contributed by atoms with Crippen molar-refractivity contribution in [3.8, 4) is 0 Å². The van der Waals surface area contributed by atoms with Gasteiger partial charge in [-0.2, -0.15) is 0 Å². The zero-order chi connectivity index (χ0) is 15.2. The van der Waals surface area contributed by atoms with E-state index in [9.17, 15) is 9.59 Å². The topological polar surface area (TPSA) is 55.4 Å². The number of nitrogens with one attached hydrogen (secondary N) is 1. The summed E-state index contributed by atoms with van der Waals surface area (Å²) < 4.78 is 5.67. The molecule has 0 bridgehead atoms. The first-order valence-electron chi connectivity index (χ1n) is 7.40. The van der Waals surface area contributed by atoms with E-state index in [-0.39, 0.29) is 17.9 Å². The van der Waals surface area contributed by atoms with E-state index >= 15 is 0 Å². The Morgan fingerprint density at radius 3 is 2.57 bits per heavy atom. The third kappa shape index (κ3) is 4.18. The minimum atomic E-state index is -0.380. The Balaban J connectivity index is 2.13. The Labute approximate surface area is 138 Å². The molecule has 0 heterocycles. The van der Waals surface area contributed by atoms with Gasteiger partial charge in [-0.25, -0.2) is 4.79 Å². The van der Waals surface area contributed by atoms with Crippen molar-refractivity contribution in [3.05, 3.63) is 32.9 Å². The second kappa shape index (κ2) is 7.77. The number of hydrogen-bond acceptors (Lipinski definition) is 3. The Bertz CT molecular complexity index is 524. The summed E-state index contributed by atoms with van der Waals surface area (Å²) >= 11 is 2.04. The van der Waals surface area contributed by atoms with Crippen molar-refractivity contribution >= 4 is 34.5 Å². The van der Waals surface area contributed by atoms with Crippen molar-refractivity contribution in [2.75, 3.05) is 6.61 Å². The molecule has 21 heavy (non-hydrogen) atoms. The number of benzene rings is 1. The molecule has 114 valence electrons. The molecular weight excluding hydrogens is 381 g/mol. The molecule has 1 amide bonds. The van der Waals surface area contributed by atoms with Gasteiger partial charge in [-0.05, 0) is 54.5 Å². The Hall–Kier alpha value is -1.11. The highest BCUT2D eigenvalue weighted by Crippen LogP contribution is 2.21. The van der Waals surface area contributed by atoms with Crippen LogP contribution in [-0.4, -0.2) is 24.5 Å². The number of carbonyl (C=O) groups is 2. The minimum absolute atomic E-state index is 0.0996. The van der Waals surface area contributed by atoms with E-state index in [0.717, 1.165) is 12.8 Å². The van der Waals surface area contributed by atoms with Gasteiger partial charge in [-0.15, -0.1) is 0 Å². The molecule has 0 aliphatic heterocycles. The number of rotatable bonds is 4. The molecule has 0 radical (unpaired) electrons. The fourth-order valence-corrected chi connectivity index (χ4v) is 3.41. The first kappa shape index (κ1) is 16.3. The fourth-order valence-electron chi connectivity index (χ4n) is 2.58. The summed E-state index contributed by atoms with van der Waals surface area (Å²) in [4.78, 5) is 24.3. The molecule has 0 unspecified atom stereocenters. The summed E-state index contributed by atoms with van der Waals surface area (Å²) in [5.41, 5.74) is 1.00. The van der Waals surface area contributed by atoms with Crippen LogP contribution in [0.15, 0.2) is 18.2 Å². The van der Waals surface area contributed by atoms with Crippen molar-refractivity contribution in [1.82, 2.24) is 5.32 Å². The molecule has 4 nitrogen and oxygen atoms in total. The fraction of sp³-hybridized carbons (Fsp3) is 0.500. The molecule has 0 aromatic heterocycles. The first-order chi connectivity index (χ1) is 10.1. The van der Waals surface area contributed by atoms with E-state index in [4.69, 9.17) is 4.74 Å². The number of ether oxygens (including phenoxy) is 1. The van der Waals surface area contributed by atoms with Gasteiger partial charge in [0, 0.05) is 9.61 Å². The molecule has 1 aliphatic carbocycles. The van der Waals surface area contributed by atoms with Crippen LogP contribution < -0.4 is 5.32 Å². The average molecular weight is 401 g/mol. The highest BCUT2D eigenvalue weighted by atomic mass is 127. The van der Waals surface area contributed by atoms with Gasteiger partial charge in [0.25, 0.3) is 5.91 Å². The molecule has 1 aromatic carbocycles. The van der Waals surface area contributed by atoms with Gasteiger partial charge >= 0.3 is 5.97 Å². The molecule has 1 aliphatic rings. The molecule has 2 rings (SSSR count). The molecule has 1 N–H and O–H groups in total. The van der Waals surface area contributed by atoms with Crippen molar-refractivity contribution in [2.45, 2.75) is 45.1 Å². The molecule has 0 atom stereocenters. The lowest BCUT2D eigenvalue weighted by Crippen LogP contribution is -2.36. The van der Waals surface area contributed by atoms with Gasteiger partial charge in [-0.1, -0.05) is 25.3 Å². The quantitative estimate of drug-likeness (QED) is 0.621. The van der Waals surface area contributed by atoms with E-state index in [1.54, 1.807) is 25.1 Å². The van der Waals surface area contributed by atoms with Crippen LogP contribution >= 0.6 is 22.6 Å². The maximum absolute atomic E-state index is 12.4. The summed E-state index contributed by atoms with van der Waals surface area (Å²) in [6, 6.07) is 5.43. The maximum atomic E-state index is 12.4. The summed E-state index contributed by atoms with van der Waals surface area (Å²) in [5, 5.41) is 3.08. The van der Waals surface area contributed by atoms with Gasteiger partial charge in [-0.3, -0.25) is 4.79 Å². The standard InChI is InChI=1S/C16H20INO3/c1-2-21-16(20)13-10-6-9-12(14(13)17)15(19)18-11-7-4-3-5-8-11/h6,9-11H,2-5,7-8H2,1H3,(H,18,19). The molecule has 5 heteroatoms. The monoisotopic (exact) mass is 401 g/mol. The number of amides is 1. The molecule has 0 saturated heterocycles. The van der Waals surface area contributed by atoms with Crippen LogP contribution in [0.4, 0.5) is 0 Å². The molecule has 1 saturated carbocycles. The molecule has 1 aromatic rings. The van der Waals surface area contributed by atoms with E-state index in [2.05, 4.69) is 5.32 Å². The predicted molar refractivity (Wildman–Crippen MR) is 89.5 cm³/mol. The first-order valence-corrected chi connectivity index (χ1v) is 8.48. The second-order valence-corrected chi connectivity index (χ2v) is 6.27. The highest BCUT2D eigenvalue weighted by molar-refractivity contribution is 14.1. The lowest BCUT2D eigenvalue weighted by Gasteiger charge is -2.23. The summed E-state index contributed by atoms with van der Waals surface area (Å²) in [5.74, 6) is -0.480. The minimum Gasteiger partial charge on any atom is -0.462 e. The lowest BCUT2D eigenvalue weighted by atomic mass is 9.95. The van der Waals surface area contributed by atoms with E-state index in [1.807, 2.05) is 22.6 Å². The van der Waals surface area contributed by atoms with Crippen LogP contribution in [0.3, 0.4) is 0 Å². The SMILES string of the molecule is CCOC(=O)c1cccc(C(=O)NC2CCCCC2)c1I. The molecule has 1 fully saturated rings. The Morgan fingerprint density at radius 2 is 1.90 bits per heavy atom. The number of halogens is 1. The van der Waals surface area contributed by atoms with Crippen molar-refractivity contribution < 1.29 is 14.3 Å². The van der Waals surface area contributed by atoms with Crippen LogP contribution in [0.2, 0.25) is 0 Å². The van der Waals surface area contributed by atoms with Crippen molar-refractivity contribution in [2.24, 2.45) is 0 Å².